The summed E-state index contributed by atoms with van der Waals surface area (Å²) in [6, 6.07) is 7.28. The quantitative estimate of drug-likeness (QED) is 0.728. The molecule has 1 rings (SSSR count). The maximum atomic E-state index is 11.2. The standard InChI is InChI=1S/C9H13NO2S/c1-13(11)9-5-3-2-4-8(9)12-7-6-10/h2-5H,6-7,10H2,1H3. The van der Waals surface area contributed by atoms with Gasteiger partial charge in [0, 0.05) is 6.54 Å². The molecule has 0 saturated heterocycles. The van der Waals surface area contributed by atoms with E-state index in [4.69, 9.17) is 10.5 Å². The minimum atomic E-state index is -1.01. The van der Waals surface area contributed by atoms with Gasteiger partial charge in [0.1, 0.15) is 12.9 Å². The van der Waals surface area contributed by atoms with Crippen molar-refractivity contribution in [2.75, 3.05) is 19.4 Å². The molecule has 0 aromatic heterocycles. The molecule has 0 saturated carbocycles. The zero-order valence-corrected chi connectivity index (χ0v) is 8.34. The van der Waals surface area contributed by atoms with Gasteiger partial charge in [0.05, 0.1) is 0 Å². The van der Waals surface area contributed by atoms with Gasteiger partial charge in [-0.05, 0) is 23.3 Å². The van der Waals surface area contributed by atoms with Crippen LogP contribution in [0, 0.1) is 0 Å². The SMILES string of the molecule is C[S+]([O-])c1ccccc1OCCN. The summed E-state index contributed by atoms with van der Waals surface area (Å²) in [4.78, 5) is 0.718. The van der Waals surface area contributed by atoms with E-state index in [2.05, 4.69) is 0 Å². The highest BCUT2D eigenvalue weighted by atomic mass is 32.2. The molecule has 0 bridgehead atoms. The molecule has 1 atom stereocenters. The summed E-state index contributed by atoms with van der Waals surface area (Å²) in [5, 5.41) is 0. The first-order valence-corrected chi connectivity index (χ1v) is 5.57. The summed E-state index contributed by atoms with van der Waals surface area (Å²) in [6.45, 7) is 0.916. The number of hydrogen-bond acceptors (Lipinski definition) is 3. The van der Waals surface area contributed by atoms with Crippen molar-refractivity contribution in [3.63, 3.8) is 0 Å². The van der Waals surface area contributed by atoms with Gasteiger partial charge in [-0.2, -0.15) is 0 Å². The Morgan fingerprint density at radius 3 is 2.77 bits per heavy atom. The number of ether oxygens (including phenoxy) is 1. The van der Waals surface area contributed by atoms with Gasteiger partial charge >= 0.3 is 0 Å². The Labute approximate surface area is 81.1 Å². The zero-order valence-electron chi connectivity index (χ0n) is 7.53. The first kappa shape index (κ1) is 10.4. The van der Waals surface area contributed by atoms with E-state index in [9.17, 15) is 4.55 Å². The number of hydrogen-bond donors (Lipinski definition) is 1. The third-order valence-electron chi connectivity index (χ3n) is 1.53. The molecule has 0 fully saturated rings. The third-order valence-corrected chi connectivity index (χ3v) is 2.49. The molecule has 13 heavy (non-hydrogen) atoms. The molecule has 0 aliphatic heterocycles. The molecule has 0 amide bonds. The van der Waals surface area contributed by atoms with Crippen LogP contribution in [0.2, 0.25) is 0 Å². The third kappa shape index (κ3) is 2.91. The van der Waals surface area contributed by atoms with Crippen molar-refractivity contribution < 1.29 is 9.29 Å². The minimum Gasteiger partial charge on any atom is -0.612 e. The number of nitrogens with two attached hydrogens (primary N) is 1. The van der Waals surface area contributed by atoms with Crippen LogP contribution < -0.4 is 10.5 Å². The first-order chi connectivity index (χ1) is 6.25. The Hall–Kier alpha value is -0.710. The smallest absolute Gasteiger partial charge is 0.194 e. The predicted octanol–water partition coefficient (Wildman–Crippen LogP) is 0.762. The van der Waals surface area contributed by atoms with Gasteiger partial charge in [-0.25, -0.2) is 0 Å². The Bertz CT molecular complexity index is 266. The van der Waals surface area contributed by atoms with E-state index >= 15 is 0 Å². The molecular weight excluding hydrogens is 186 g/mol. The normalized spacial score (nSPS) is 12.5. The highest BCUT2D eigenvalue weighted by Gasteiger charge is 2.10. The summed E-state index contributed by atoms with van der Waals surface area (Å²) < 4.78 is 16.6. The average Bonchev–Trinajstić information content (AvgIpc) is 2.15. The van der Waals surface area contributed by atoms with E-state index in [1.165, 1.54) is 0 Å². The lowest BCUT2D eigenvalue weighted by Crippen LogP contribution is -2.12. The van der Waals surface area contributed by atoms with Crippen LogP contribution in [0.3, 0.4) is 0 Å². The topological polar surface area (TPSA) is 58.3 Å². The zero-order chi connectivity index (χ0) is 9.68. The minimum absolute atomic E-state index is 0.453. The van der Waals surface area contributed by atoms with Crippen LogP contribution in [-0.2, 0) is 11.2 Å². The molecule has 0 heterocycles. The van der Waals surface area contributed by atoms with E-state index in [-0.39, 0.29) is 0 Å². The lowest BCUT2D eigenvalue weighted by molar-refractivity contribution is 0.320. The van der Waals surface area contributed by atoms with Gasteiger partial charge in [-0.1, -0.05) is 12.1 Å². The van der Waals surface area contributed by atoms with Crippen molar-refractivity contribution in [2.45, 2.75) is 4.90 Å². The molecule has 4 heteroatoms. The van der Waals surface area contributed by atoms with Gasteiger partial charge in [-0.15, -0.1) is 0 Å². The Morgan fingerprint density at radius 1 is 1.46 bits per heavy atom. The molecule has 0 aliphatic carbocycles. The highest BCUT2D eigenvalue weighted by Crippen LogP contribution is 2.22. The lowest BCUT2D eigenvalue weighted by Gasteiger charge is -2.10. The second-order valence-corrected chi connectivity index (χ2v) is 3.89. The maximum absolute atomic E-state index is 11.2. The fourth-order valence-corrected chi connectivity index (χ4v) is 1.66. The van der Waals surface area contributed by atoms with Crippen molar-refractivity contribution in [2.24, 2.45) is 5.73 Å². The van der Waals surface area contributed by atoms with Crippen LogP contribution in [0.15, 0.2) is 29.2 Å². The molecule has 72 valence electrons. The van der Waals surface area contributed by atoms with Crippen LogP contribution in [0.4, 0.5) is 0 Å². The lowest BCUT2D eigenvalue weighted by atomic mass is 10.3. The average molecular weight is 199 g/mol. The molecule has 0 radical (unpaired) electrons. The highest BCUT2D eigenvalue weighted by molar-refractivity contribution is 7.90. The molecular formula is C9H13NO2S. The van der Waals surface area contributed by atoms with Gasteiger partial charge in [0.15, 0.2) is 10.6 Å². The fourth-order valence-electron chi connectivity index (χ4n) is 0.976. The molecule has 0 spiro atoms. The van der Waals surface area contributed by atoms with Crippen molar-refractivity contribution >= 4 is 11.2 Å². The summed E-state index contributed by atoms with van der Waals surface area (Å²) >= 11 is -1.01. The Kier molecular flexibility index (Phi) is 4.08. The van der Waals surface area contributed by atoms with Gasteiger partial charge in [-0.3, -0.25) is 0 Å². The van der Waals surface area contributed by atoms with Gasteiger partial charge in [0.25, 0.3) is 0 Å². The summed E-state index contributed by atoms with van der Waals surface area (Å²) in [6.07, 6.45) is 1.63. The monoisotopic (exact) mass is 199 g/mol. The summed E-state index contributed by atoms with van der Waals surface area (Å²) in [5.41, 5.74) is 5.30. The van der Waals surface area contributed by atoms with E-state index < -0.39 is 11.2 Å². The molecule has 1 aromatic carbocycles. The van der Waals surface area contributed by atoms with E-state index in [0.717, 1.165) is 4.90 Å². The summed E-state index contributed by atoms with van der Waals surface area (Å²) in [5.74, 6) is 0.661. The fraction of sp³-hybridized carbons (Fsp3) is 0.333. The second kappa shape index (κ2) is 5.11. The Balaban J connectivity index is 2.78. The molecule has 1 unspecified atom stereocenters. The predicted molar refractivity (Wildman–Crippen MR) is 53.3 cm³/mol. The van der Waals surface area contributed by atoms with E-state index in [1.54, 1.807) is 18.4 Å². The van der Waals surface area contributed by atoms with Gasteiger partial charge < -0.3 is 15.0 Å². The second-order valence-electron chi connectivity index (χ2n) is 2.54. The largest absolute Gasteiger partial charge is 0.612 e. The van der Waals surface area contributed by atoms with Crippen molar-refractivity contribution in [1.82, 2.24) is 0 Å². The van der Waals surface area contributed by atoms with Crippen LogP contribution in [0.1, 0.15) is 0 Å². The number of rotatable bonds is 4. The van der Waals surface area contributed by atoms with Crippen molar-refractivity contribution in [1.29, 1.82) is 0 Å². The van der Waals surface area contributed by atoms with Crippen LogP contribution >= 0.6 is 0 Å². The van der Waals surface area contributed by atoms with Crippen molar-refractivity contribution in [3.05, 3.63) is 24.3 Å². The van der Waals surface area contributed by atoms with E-state index in [0.29, 0.717) is 18.9 Å². The van der Waals surface area contributed by atoms with Gasteiger partial charge in [0.2, 0.25) is 0 Å². The molecule has 1 aromatic rings. The van der Waals surface area contributed by atoms with Crippen LogP contribution in [0.25, 0.3) is 0 Å². The maximum Gasteiger partial charge on any atom is 0.194 e. The Morgan fingerprint density at radius 2 is 2.15 bits per heavy atom. The molecule has 0 aliphatic rings. The van der Waals surface area contributed by atoms with Crippen LogP contribution in [0.5, 0.6) is 5.75 Å². The summed E-state index contributed by atoms with van der Waals surface area (Å²) in [7, 11) is 0. The molecule has 3 nitrogen and oxygen atoms in total. The number of para-hydroxylation sites is 1. The first-order valence-electron chi connectivity index (χ1n) is 4.01. The van der Waals surface area contributed by atoms with Crippen molar-refractivity contribution in [3.8, 4) is 5.75 Å². The molecule has 2 N–H and O–H groups in total. The van der Waals surface area contributed by atoms with Crippen LogP contribution in [-0.4, -0.2) is 24.0 Å². The number of benzene rings is 1. The van der Waals surface area contributed by atoms with E-state index in [1.807, 2.05) is 12.1 Å².